The monoisotopic (exact) mass is 282 g/mol. The lowest BCUT2D eigenvalue weighted by atomic mass is 10.0. The van der Waals surface area contributed by atoms with Crippen molar-refractivity contribution in [3.63, 3.8) is 0 Å². The molecule has 0 amide bonds. The summed E-state index contributed by atoms with van der Waals surface area (Å²) in [4.78, 5) is 4.58. The third-order valence-corrected chi connectivity index (χ3v) is 4.34. The number of aromatic nitrogens is 1. The maximum atomic E-state index is 4.58. The van der Waals surface area contributed by atoms with Gasteiger partial charge < -0.3 is 5.32 Å². The SMILES string of the molecule is CCCCCCCCC(Cc1csc(C)n1)NCC. The van der Waals surface area contributed by atoms with Gasteiger partial charge in [0.2, 0.25) is 0 Å². The van der Waals surface area contributed by atoms with Gasteiger partial charge in [0.1, 0.15) is 0 Å². The molecule has 110 valence electrons. The normalized spacial score (nSPS) is 12.8. The molecule has 1 heterocycles. The van der Waals surface area contributed by atoms with Crippen LogP contribution in [0.5, 0.6) is 0 Å². The van der Waals surface area contributed by atoms with Crippen molar-refractivity contribution in [3.8, 4) is 0 Å². The molecule has 19 heavy (non-hydrogen) atoms. The Labute approximate surface area is 123 Å². The molecule has 0 saturated heterocycles. The summed E-state index contributed by atoms with van der Waals surface area (Å²) in [6.07, 6.45) is 10.7. The summed E-state index contributed by atoms with van der Waals surface area (Å²) in [7, 11) is 0. The molecule has 1 unspecified atom stereocenters. The molecular weight excluding hydrogens is 252 g/mol. The zero-order valence-electron chi connectivity index (χ0n) is 12.9. The van der Waals surface area contributed by atoms with E-state index in [1.54, 1.807) is 11.3 Å². The van der Waals surface area contributed by atoms with Crippen LogP contribution in [0.1, 0.15) is 69.5 Å². The van der Waals surface area contributed by atoms with Crippen LogP contribution in [0.2, 0.25) is 0 Å². The van der Waals surface area contributed by atoms with Gasteiger partial charge in [-0.1, -0.05) is 52.4 Å². The highest BCUT2D eigenvalue weighted by atomic mass is 32.1. The van der Waals surface area contributed by atoms with Crippen molar-refractivity contribution in [1.82, 2.24) is 10.3 Å². The molecule has 0 radical (unpaired) electrons. The van der Waals surface area contributed by atoms with E-state index in [4.69, 9.17) is 0 Å². The van der Waals surface area contributed by atoms with E-state index in [-0.39, 0.29) is 0 Å². The molecule has 1 N–H and O–H groups in total. The van der Waals surface area contributed by atoms with Gasteiger partial charge in [-0.3, -0.25) is 0 Å². The third kappa shape index (κ3) is 7.68. The fourth-order valence-electron chi connectivity index (χ4n) is 2.49. The molecule has 0 aliphatic heterocycles. The Morgan fingerprint density at radius 1 is 1.16 bits per heavy atom. The molecule has 1 aromatic rings. The van der Waals surface area contributed by atoms with E-state index in [2.05, 4.69) is 36.5 Å². The molecule has 0 bridgehead atoms. The van der Waals surface area contributed by atoms with Crippen LogP contribution in [0.25, 0.3) is 0 Å². The first-order chi connectivity index (χ1) is 9.26. The fourth-order valence-corrected chi connectivity index (χ4v) is 3.12. The van der Waals surface area contributed by atoms with E-state index in [0.29, 0.717) is 6.04 Å². The van der Waals surface area contributed by atoms with E-state index in [1.807, 2.05) is 0 Å². The van der Waals surface area contributed by atoms with Gasteiger partial charge in [0, 0.05) is 17.8 Å². The lowest BCUT2D eigenvalue weighted by Gasteiger charge is -2.16. The van der Waals surface area contributed by atoms with Crippen LogP contribution in [0.4, 0.5) is 0 Å². The number of thiazole rings is 1. The Morgan fingerprint density at radius 3 is 2.53 bits per heavy atom. The predicted molar refractivity (Wildman–Crippen MR) is 86.0 cm³/mol. The van der Waals surface area contributed by atoms with Crippen molar-refractivity contribution in [2.45, 2.75) is 78.2 Å². The molecule has 0 fully saturated rings. The Kier molecular flexibility index (Phi) is 9.10. The minimum atomic E-state index is 0.609. The van der Waals surface area contributed by atoms with Crippen molar-refractivity contribution in [1.29, 1.82) is 0 Å². The van der Waals surface area contributed by atoms with Crippen LogP contribution in [0.15, 0.2) is 5.38 Å². The smallest absolute Gasteiger partial charge is 0.0897 e. The van der Waals surface area contributed by atoms with Gasteiger partial charge in [0.25, 0.3) is 0 Å². The summed E-state index contributed by atoms with van der Waals surface area (Å²) in [5, 5.41) is 7.00. The van der Waals surface area contributed by atoms with Crippen LogP contribution >= 0.6 is 11.3 Å². The second-order valence-electron chi connectivity index (χ2n) is 5.37. The highest BCUT2D eigenvalue weighted by Crippen LogP contribution is 2.14. The quantitative estimate of drug-likeness (QED) is 0.594. The van der Waals surface area contributed by atoms with Crippen molar-refractivity contribution in [3.05, 3.63) is 16.1 Å². The minimum Gasteiger partial charge on any atom is -0.314 e. The van der Waals surface area contributed by atoms with Crippen molar-refractivity contribution < 1.29 is 0 Å². The van der Waals surface area contributed by atoms with E-state index in [1.165, 1.54) is 55.6 Å². The van der Waals surface area contributed by atoms with Gasteiger partial charge >= 0.3 is 0 Å². The maximum Gasteiger partial charge on any atom is 0.0897 e. The number of aryl methyl sites for hydroxylation is 1. The number of unbranched alkanes of at least 4 members (excludes halogenated alkanes) is 5. The van der Waals surface area contributed by atoms with Gasteiger partial charge in [0.05, 0.1) is 10.7 Å². The van der Waals surface area contributed by atoms with E-state index in [0.717, 1.165) is 13.0 Å². The average molecular weight is 282 g/mol. The summed E-state index contributed by atoms with van der Waals surface area (Å²) in [6.45, 7) is 7.62. The zero-order valence-corrected chi connectivity index (χ0v) is 13.7. The van der Waals surface area contributed by atoms with Crippen molar-refractivity contribution in [2.24, 2.45) is 0 Å². The first-order valence-corrected chi connectivity index (χ1v) is 8.78. The summed E-state index contributed by atoms with van der Waals surface area (Å²) in [5.41, 5.74) is 1.26. The first-order valence-electron chi connectivity index (χ1n) is 7.90. The van der Waals surface area contributed by atoms with E-state index in [9.17, 15) is 0 Å². The van der Waals surface area contributed by atoms with E-state index >= 15 is 0 Å². The van der Waals surface area contributed by atoms with E-state index < -0.39 is 0 Å². The standard InChI is InChI=1S/C16H30N2S/c1-4-6-7-8-9-10-11-15(17-5-2)12-16-13-19-14(3)18-16/h13,15,17H,4-12H2,1-3H3. The molecule has 1 atom stereocenters. The summed E-state index contributed by atoms with van der Waals surface area (Å²) in [5.74, 6) is 0. The highest BCUT2D eigenvalue weighted by molar-refractivity contribution is 7.09. The topological polar surface area (TPSA) is 24.9 Å². The number of likely N-dealkylation sites (N-methyl/N-ethyl adjacent to an activating group) is 1. The van der Waals surface area contributed by atoms with Crippen molar-refractivity contribution >= 4 is 11.3 Å². The largest absolute Gasteiger partial charge is 0.314 e. The molecule has 0 aromatic carbocycles. The molecular formula is C16H30N2S. The summed E-state index contributed by atoms with van der Waals surface area (Å²) < 4.78 is 0. The maximum absolute atomic E-state index is 4.58. The van der Waals surface area contributed by atoms with Gasteiger partial charge in [-0.05, 0) is 19.9 Å². The molecule has 0 aliphatic carbocycles. The lowest BCUT2D eigenvalue weighted by molar-refractivity contribution is 0.457. The van der Waals surface area contributed by atoms with Crippen LogP contribution in [0, 0.1) is 6.92 Å². The van der Waals surface area contributed by atoms with Gasteiger partial charge in [-0.15, -0.1) is 11.3 Å². The number of nitrogens with zero attached hydrogens (tertiary/aromatic N) is 1. The van der Waals surface area contributed by atoms with Crippen LogP contribution in [-0.2, 0) is 6.42 Å². The van der Waals surface area contributed by atoms with Gasteiger partial charge in [-0.25, -0.2) is 4.98 Å². The minimum absolute atomic E-state index is 0.609. The molecule has 2 nitrogen and oxygen atoms in total. The van der Waals surface area contributed by atoms with Crippen LogP contribution in [-0.4, -0.2) is 17.6 Å². The third-order valence-electron chi connectivity index (χ3n) is 3.52. The number of rotatable bonds is 11. The fraction of sp³-hybridized carbons (Fsp3) is 0.812. The molecule has 0 saturated carbocycles. The zero-order chi connectivity index (χ0) is 13.9. The number of nitrogens with one attached hydrogen (secondary N) is 1. The Hall–Kier alpha value is -0.410. The Morgan fingerprint density at radius 2 is 1.89 bits per heavy atom. The number of hydrogen-bond acceptors (Lipinski definition) is 3. The Bertz CT molecular complexity index is 322. The average Bonchev–Trinajstić information content (AvgIpc) is 2.79. The molecule has 0 aliphatic rings. The second-order valence-corrected chi connectivity index (χ2v) is 6.44. The predicted octanol–water partition coefficient (Wildman–Crippen LogP) is 4.72. The lowest BCUT2D eigenvalue weighted by Crippen LogP contribution is -2.31. The first kappa shape index (κ1) is 16.6. The van der Waals surface area contributed by atoms with Crippen LogP contribution < -0.4 is 5.32 Å². The van der Waals surface area contributed by atoms with Gasteiger partial charge in [-0.2, -0.15) is 0 Å². The number of hydrogen-bond donors (Lipinski definition) is 1. The summed E-state index contributed by atoms with van der Waals surface area (Å²) >= 11 is 1.76. The van der Waals surface area contributed by atoms with Gasteiger partial charge in [0.15, 0.2) is 0 Å². The molecule has 3 heteroatoms. The van der Waals surface area contributed by atoms with Crippen LogP contribution in [0.3, 0.4) is 0 Å². The van der Waals surface area contributed by atoms with Crippen molar-refractivity contribution in [2.75, 3.05) is 6.54 Å². The Balaban J connectivity index is 2.20. The molecule has 0 spiro atoms. The molecule has 1 aromatic heterocycles. The highest BCUT2D eigenvalue weighted by Gasteiger charge is 2.10. The molecule has 1 rings (SSSR count). The summed E-state index contributed by atoms with van der Waals surface area (Å²) in [6, 6.07) is 0.609. The second kappa shape index (κ2) is 10.4.